The molecule has 0 atom stereocenters. The van der Waals surface area contributed by atoms with Crippen molar-refractivity contribution in [2.24, 2.45) is 5.73 Å². The second-order valence-electron chi connectivity index (χ2n) is 4.83. The molecular formula is C18H19N3O2. The van der Waals surface area contributed by atoms with Gasteiger partial charge in [0.05, 0.1) is 5.56 Å². The molecule has 0 aliphatic rings. The fourth-order valence-electron chi connectivity index (χ4n) is 1.97. The summed E-state index contributed by atoms with van der Waals surface area (Å²) in [5, 5.41) is 15.1. The average Bonchev–Trinajstić information content (AvgIpc) is 2.59. The van der Waals surface area contributed by atoms with Gasteiger partial charge < -0.3 is 21.5 Å². The summed E-state index contributed by atoms with van der Waals surface area (Å²) in [5.41, 5.74) is 8.52. The predicted octanol–water partition coefficient (Wildman–Crippen LogP) is 2.86. The number of carboxylic acids is 1. The van der Waals surface area contributed by atoms with E-state index in [4.69, 9.17) is 10.8 Å². The quantitative estimate of drug-likeness (QED) is 0.616. The number of anilines is 1. The minimum absolute atomic E-state index is 0.227. The van der Waals surface area contributed by atoms with Gasteiger partial charge in [0.15, 0.2) is 0 Å². The molecule has 0 amide bonds. The molecule has 0 radical (unpaired) electrons. The van der Waals surface area contributed by atoms with Crippen LogP contribution >= 0.6 is 0 Å². The first-order valence-corrected chi connectivity index (χ1v) is 7.11. The fourth-order valence-corrected chi connectivity index (χ4v) is 1.97. The molecule has 0 aliphatic carbocycles. The van der Waals surface area contributed by atoms with E-state index in [1.165, 1.54) is 0 Å². The molecule has 5 N–H and O–H groups in total. The molecule has 2 aromatic carbocycles. The van der Waals surface area contributed by atoms with E-state index in [-0.39, 0.29) is 5.56 Å². The van der Waals surface area contributed by atoms with Crippen molar-refractivity contribution >= 4 is 17.4 Å². The van der Waals surface area contributed by atoms with Gasteiger partial charge in [-0.25, -0.2) is 4.79 Å². The third-order valence-electron chi connectivity index (χ3n) is 3.19. The summed E-state index contributed by atoms with van der Waals surface area (Å²) in [7, 11) is 1.77. The Kier molecular flexibility index (Phi) is 5.41. The van der Waals surface area contributed by atoms with Gasteiger partial charge in [0.25, 0.3) is 0 Å². The zero-order valence-corrected chi connectivity index (χ0v) is 12.8. The molecule has 0 heterocycles. The molecule has 0 saturated heterocycles. The summed E-state index contributed by atoms with van der Waals surface area (Å²) in [6, 6.07) is 16.2. The van der Waals surface area contributed by atoms with Crippen LogP contribution in [0.1, 0.15) is 15.9 Å². The van der Waals surface area contributed by atoms with Crippen LogP contribution in [-0.2, 0) is 0 Å². The first kappa shape index (κ1) is 16.2. The Morgan fingerprint density at radius 3 is 2.39 bits per heavy atom. The van der Waals surface area contributed by atoms with Crippen molar-refractivity contribution in [1.29, 1.82) is 0 Å². The van der Waals surface area contributed by atoms with Crippen molar-refractivity contribution in [1.82, 2.24) is 5.32 Å². The lowest BCUT2D eigenvalue weighted by Crippen LogP contribution is -2.14. The van der Waals surface area contributed by atoms with E-state index in [0.29, 0.717) is 17.2 Å². The highest BCUT2D eigenvalue weighted by Gasteiger charge is 2.03. The third-order valence-corrected chi connectivity index (χ3v) is 3.19. The van der Waals surface area contributed by atoms with Crippen LogP contribution in [0.4, 0.5) is 5.69 Å². The fraction of sp³-hybridized carbons (Fsp3) is 0.0556. The lowest BCUT2D eigenvalue weighted by molar-refractivity contribution is 0.0697. The Bertz CT molecular complexity index is 737. The van der Waals surface area contributed by atoms with Crippen LogP contribution in [0.15, 0.2) is 72.6 Å². The van der Waals surface area contributed by atoms with E-state index >= 15 is 0 Å². The molecule has 0 bridgehead atoms. The summed E-state index contributed by atoms with van der Waals surface area (Å²) in [5.74, 6) is -0.261. The molecular weight excluding hydrogens is 290 g/mol. The number of carbonyl (C=O) groups is 1. The summed E-state index contributed by atoms with van der Waals surface area (Å²) in [6.07, 6.45) is 3.59. The van der Waals surface area contributed by atoms with Gasteiger partial charge in [-0.2, -0.15) is 0 Å². The van der Waals surface area contributed by atoms with Crippen LogP contribution in [0, 0.1) is 0 Å². The largest absolute Gasteiger partial charge is 0.478 e. The Hall–Kier alpha value is -3.21. The maximum Gasteiger partial charge on any atom is 0.335 e. The topological polar surface area (TPSA) is 87.4 Å². The highest BCUT2D eigenvalue weighted by atomic mass is 16.4. The van der Waals surface area contributed by atoms with Crippen LogP contribution in [0.2, 0.25) is 0 Å². The molecule has 0 unspecified atom stereocenters. The summed E-state index contributed by atoms with van der Waals surface area (Å²) < 4.78 is 0. The number of nitrogens with one attached hydrogen (secondary N) is 2. The minimum Gasteiger partial charge on any atom is -0.478 e. The Morgan fingerprint density at radius 2 is 1.74 bits per heavy atom. The summed E-state index contributed by atoms with van der Waals surface area (Å²) in [4.78, 5) is 11.0. The normalized spacial score (nSPS) is 11.9. The smallest absolute Gasteiger partial charge is 0.335 e. The number of rotatable bonds is 6. The number of benzene rings is 2. The maximum atomic E-state index is 11.0. The van der Waals surface area contributed by atoms with Crippen molar-refractivity contribution in [2.45, 2.75) is 0 Å². The number of hydrogen-bond acceptors (Lipinski definition) is 4. The van der Waals surface area contributed by atoms with E-state index in [2.05, 4.69) is 10.6 Å². The van der Waals surface area contributed by atoms with Crippen LogP contribution in [0.5, 0.6) is 0 Å². The lowest BCUT2D eigenvalue weighted by atomic mass is 10.1. The molecule has 5 nitrogen and oxygen atoms in total. The van der Waals surface area contributed by atoms with Crippen LogP contribution in [0.3, 0.4) is 0 Å². The molecule has 5 heteroatoms. The first-order valence-electron chi connectivity index (χ1n) is 7.11. The van der Waals surface area contributed by atoms with Gasteiger partial charge in [-0.3, -0.25) is 0 Å². The second kappa shape index (κ2) is 7.70. The highest BCUT2D eigenvalue weighted by molar-refractivity contribution is 5.88. The maximum absolute atomic E-state index is 11.0. The van der Waals surface area contributed by atoms with E-state index < -0.39 is 5.97 Å². The number of allylic oxidation sites excluding steroid dienone is 2. The first-order chi connectivity index (χ1) is 11.1. The Labute approximate surface area is 135 Å². The summed E-state index contributed by atoms with van der Waals surface area (Å²) in [6.45, 7) is 0. The molecule has 2 aromatic rings. The van der Waals surface area contributed by atoms with Gasteiger partial charge in [0.2, 0.25) is 0 Å². The zero-order valence-electron chi connectivity index (χ0n) is 12.8. The van der Waals surface area contributed by atoms with Gasteiger partial charge in [-0.1, -0.05) is 36.4 Å². The van der Waals surface area contributed by atoms with Crippen molar-refractivity contribution in [3.63, 3.8) is 0 Å². The molecule has 0 fully saturated rings. The zero-order chi connectivity index (χ0) is 16.7. The Balaban J connectivity index is 2.16. The number of hydrogen-bond donors (Lipinski definition) is 4. The van der Waals surface area contributed by atoms with Gasteiger partial charge in [0.1, 0.15) is 5.82 Å². The van der Waals surface area contributed by atoms with Gasteiger partial charge in [-0.05, 0) is 35.9 Å². The van der Waals surface area contributed by atoms with Crippen molar-refractivity contribution in [2.75, 3.05) is 12.4 Å². The molecule has 0 aromatic heterocycles. The second-order valence-corrected chi connectivity index (χ2v) is 4.83. The van der Waals surface area contributed by atoms with Gasteiger partial charge in [0, 0.05) is 18.4 Å². The van der Waals surface area contributed by atoms with E-state index in [1.807, 2.05) is 30.3 Å². The highest BCUT2D eigenvalue weighted by Crippen LogP contribution is 2.13. The molecule has 0 saturated carbocycles. The van der Waals surface area contributed by atoms with Crippen molar-refractivity contribution < 1.29 is 9.90 Å². The van der Waals surface area contributed by atoms with Gasteiger partial charge >= 0.3 is 5.97 Å². The monoisotopic (exact) mass is 309 g/mol. The van der Waals surface area contributed by atoms with Crippen LogP contribution in [0.25, 0.3) is 5.70 Å². The number of aromatic carboxylic acids is 1. The van der Waals surface area contributed by atoms with Crippen LogP contribution < -0.4 is 16.4 Å². The number of nitrogens with two attached hydrogens (primary N) is 1. The molecule has 23 heavy (non-hydrogen) atoms. The molecule has 0 aliphatic heterocycles. The van der Waals surface area contributed by atoms with Gasteiger partial charge in [-0.15, -0.1) is 0 Å². The van der Waals surface area contributed by atoms with Crippen molar-refractivity contribution in [3.05, 3.63) is 83.7 Å². The average molecular weight is 309 g/mol. The number of carboxylic acid groups (broad SMARTS) is 1. The molecule has 2 rings (SSSR count). The van der Waals surface area contributed by atoms with Crippen molar-refractivity contribution in [3.8, 4) is 0 Å². The predicted molar refractivity (Wildman–Crippen MR) is 92.8 cm³/mol. The Morgan fingerprint density at radius 1 is 1.04 bits per heavy atom. The van der Waals surface area contributed by atoms with E-state index in [0.717, 1.165) is 5.56 Å². The molecule has 118 valence electrons. The standard InChI is InChI=1S/C18H19N3O2/c1-20-17(11-10-16(19)13-6-3-2-4-7-13)21-15-9-5-8-14(12-15)18(22)23/h2-12,20-21H,19H2,1H3,(H,22,23)/b16-10-,17-11+. The SMILES string of the molecule is CN/C(=C\C=C(/N)c1ccccc1)Nc1cccc(C(=O)O)c1. The van der Waals surface area contributed by atoms with E-state index in [1.54, 1.807) is 43.5 Å². The lowest BCUT2D eigenvalue weighted by Gasteiger charge is -2.10. The van der Waals surface area contributed by atoms with E-state index in [9.17, 15) is 4.79 Å². The molecule has 0 spiro atoms. The third kappa shape index (κ3) is 4.64. The summed E-state index contributed by atoms with van der Waals surface area (Å²) >= 11 is 0. The minimum atomic E-state index is -0.961. The van der Waals surface area contributed by atoms with Crippen LogP contribution in [-0.4, -0.2) is 18.1 Å².